The summed E-state index contributed by atoms with van der Waals surface area (Å²) in [7, 11) is 0. The average molecular weight is 330 g/mol. The summed E-state index contributed by atoms with van der Waals surface area (Å²) in [6, 6.07) is 1.83. The first-order chi connectivity index (χ1) is 10.5. The Labute approximate surface area is 132 Å². The van der Waals surface area contributed by atoms with Gasteiger partial charge in [0.2, 0.25) is 0 Å². The molecule has 22 heavy (non-hydrogen) atoms. The van der Waals surface area contributed by atoms with Crippen LogP contribution in [0.15, 0.2) is 23.1 Å². The number of ether oxygens (including phenoxy) is 2. The van der Waals surface area contributed by atoms with Gasteiger partial charge in [-0.3, -0.25) is 0 Å². The van der Waals surface area contributed by atoms with Crippen molar-refractivity contribution in [2.24, 2.45) is 11.8 Å². The van der Waals surface area contributed by atoms with Crippen LogP contribution in [-0.4, -0.2) is 13.2 Å². The molecular weight excluding hydrogens is 313 g/mol. The molecule has 1 saturated heterocycles. The maximum atomic E-state index is 13.3. The lowest BCUT2D eigenvalue weighted by Gasteiger charge is -2.35. The van der Waals surface area contributed by atoms with Gasteiger partial charge in [-0.15, -0.1) is 12.6 Å². The second-order valence-electron chi connectivity index (χ2n) is 5.79. The highest BCUT2D eigenvalue weighted by Gasteiger charge is 2.31. The molecular formula is C16H17F3O2S. The molecule has 1 fully saturated rings. The van der Waals surface area contributed by atoms with E-state index in [0.29, 0.717) is 19.1 Å². The largest absolute Gasteiger partial charge is 0.348 e. The molecule has 1 atom stereocenters. The predicted octanol–water partition coefficient (Wildman–Crippen LogP) is 4.38. The summed E-state index contributed by atoms with van der Waals surface area (Å²) in [6.07, 6.45) is 4.22. The fraction of sp³-hybridized carbons (Fsp3) is 0.500. The van der Waals surface area contributed by atoms with Gasteiger partial charge in [0, 0.05) is 11.5 Å². The quantitative estimate of drug-likeness (QED) is 0.641. The van der Waals surface area contributed by atoms with Crippen molar-refractivity contribution in [3.05, 3.63) is 46.1 Å². The van der Waals surface area contributed by atoms with Gasteiger partial charge in [0.15, 0.2) is 23.7 Å². The molecule has 2 aliphatic rings. The minimum atomic E-state index is -1.48. The number of rotatable bonds is 2. The Kier molecular flexibility index (Phi) is 4.80. The van der Waals surface area contributed by atoms with Crippen LogP contribution in [0.1, 0.15) is 31.1 Å². The molecule has 0 radical (unpaired) electrons. The molecule has 0 aromatic heterocycles. The Morgan fingerprint density at radius 2 is 1.64 bits per heavy atom. The van der Waals surface area contributed by atoms with E-state index >= 15 is 0 Å². The third-order valence-electron chi connectivity index (χ3n) is 4.30. The molecule has 0 spiro atoms. The van der Waals surface area contributed by atoms with Gasteiger partial charge in [0.05, 0.1) is 13.2 Å². The number of benzene rings is 1. The van der Waals surface area contributed by atoms with Crippen molar-refractivity contribution in [2.45, 2.75) is 25.6 Å². The molecule has 1 aliphatic carbocycles. The zero-order valence-corrected chi connectivity index (χ0v) is 12.8. The highest BCUT2D eigenvalue weighted by Crippen LogP contribution is 2.35. The van der Waals surface area contributed by atoms with Gasteiger partial charge >= 0.3 is 0 Å². The summed E-state index contributed by atoms with van der Waals surface area (Å²) in [5.41, 5.74) is 0.163. The molecule has 0 N–H and O–H groups in total. The standard InChI is InChI=1S/C16H17F3O2S/c17-13-5-10(6-14(18)15(13)19)16-20-7-11(8-21-16)9-1-3-12(22)4-2-9/h3,5-6,9,11,16,22H,1-2,4,7-8H2. The van der Waals surface area contributed by atoms with E-state index in [1.807, 2.05) is 0 Å². The molecule has 0 bridgehead atoms. The van der Waals surface area contributed by atoms with E-state index < -0.39 is 23.7 Å². The summed E-state index contributed by atoms with van der Waals surface area (Å²) >= 11 is 4.35. The van der Waals surface area contributed by atoms with E-state index in [1.165, 1.54) is 0 Å². The van der Waals surface area contributed by atoms with E-state index in [-0.39, 0.29) is 11.5 Å². The van der Waals surface area contributed by atoms with E-state index in [1.54, 1.807) is 0 Å². The fourth-order valence-corrected chi connectivity index (χ4v) is 3.20. The smallest absolute Gasteiger partial charge is 0.194 e. The van der Waals surface area contributed by atoms with Crippen molar-refractivity contribution in [2.75, 3.05) is 13.2 Å². The molecule has 3 rings (SSSR count). The number of hydrogen-bond acceptors (Lipinski definition) is 3. The fourth-order valence-electron chi connectivity index (χ4n) is 2.96. The molecule has 120 valence electrons. The maximum Gasteiger partial charge on any atom is 0.194 e. The second kappa shape index (κ2) is 6.64. The van der Waals surface area contributed by atoms with Crippen LogP contribution in [0.3, 0.4) is 0 Å². The van der Waals surface area contributed by atoms with E-state index in [4.69, 9.17) is 9.47 Å². The normalized spacial score (nSPS) is 29.3. The van der Waals surface area contributed by atoms with Crippen molar-refractivity contribution < 1.29 is 22.6 Å². The third-order valence-corrected chi connectivity index (χ3v) is 4.70. The Morgan fingerprint density at radius 1 is 1.00 bits per heavy atom. The number of halogens is 3. The van der Waals surface area contributed by atoms with Gasteiger partial charge in [0.1, 0.15) is 0 Å². The van der Waals surface area contributed by atoms with Crippen molar-refractivity contribution in [1.82, 2.24) is 0 Å². The maximum absolute atomic E-state index is 13.3. The molecule has 0 amide bonds. The molecule has 1 unspecified atom stereocenters. The molecule has 1 aromatic rings. The van der Waals surface area contributed by atoms with Crippen molar-refractivity contribution in [3.8, 4) is 0 Å². The Hall–Kier alpha value is -0.980. The van der Waals surface area contributed by atoms with Gasteiger partial charge in [-0.1, -0.05) is 6.08 Å². The minimum absolute atomic E-state index is 0.163. The van der Waals surface area contributed by atoms with Crippen LogP contribution < -0.4 is 0 Å². The number of thiol groups is 1. The lowest BCUT2D eigenvalue weighted by Crippen LogP contribution is -2.33. The van der Waals surface area contributed by atoms with Crippen LogP contribution in [0.25, 0.3) is 0 Å². The van der Waals surface area contributed by atoms with Gasteiger partial charge in [-0.05, 0) is 42.2 Å². The molecule has 1 heterocycles. The van der Waals surface area contributed by atoms with Gasteiger partial charge in [0.25, 0.3) is 0 Å². The molecule has 2 nitrogen and oxygen atoms in total. The Morgan fingerprint density at radius 3 is 2.18 bits per heavy atom. The SMILES string of the molecule is Fc1cc(C2OCC(C3CC=C(S)CC3)CO2)cc(F)c1F. The molecule has 1 aromatic carbocycles. The Bertz CT molecular complexity index is 560. The van der Waals surface area contributed by atoms with Crippen LogP contribution in [0, 0.1) is 29.3 Å². The highest BCUT2D eigenvalue weighted by atomic mass is 32.1. The topological polar surface area (TPSA) is 18.5 Å². The first-order valence-corrected chi connectivity index (χ1v) is 7.75. The van der Waals surface area contributed by atoms with E-state index in [0.717, 1.165) is 36.3 Å². The average Bonchev–Trinajstić information content (AvgIpc) is 2.53. The molecule has 6 heteroatoms. The van der Waals surface area contributed by atoms with Crippen LogP contribution in [0.5, 0.6) is 0 Å². The predicted molar refractivity (Wildman–Crippen MR) is 78.9 cm³/mol. The number of hydrogen-bond donors (Lipinski definition) is 1. The van der Waals surface area contributed by atoms with Crippen molar-refractivity contribution >= 4 is 12.6 Å². The zero-order chi connectivity index (χ0) is 15.7. The summed E-state index contributed by atoms with van der Waals surface area (Å²) in [4.78, 5) is 1.11. The van der Waals surface area contributed by atoms with Crippen LogP contribution in [0.2, 0.25) is 0 Å². The monoisotopic (exact) mass is 330 g/mol. The van der Waals surface area contributed by atoms with Gasteiger partial charge in [-0.25, -0.2) is 13.2 Å². The number of allylic oxidation sites excluding steroid dienone is 2. The minimum Gasteiger partial charge on any atom is -0.348 e. The van der Waals surface area contributed by atoms with Crippen LogP contribution in [-0.2, 0) is 9.47 Å². The zero-order valence-electron chi connectivity index (χ0n) is 11.9. The van der Waals surface area contributed by atoms with Gasteiger partial charge < -0.3 is 9.47 Å². The van der Waals surface area contributed by atoms with Crippen LogP contribution in [0.4, 0.5) is 13.2 Å². The summed E-state index contributed by atoms with van der Waals surface area (Å²) in [5, 5.41) is 0. The molecule has 0 saturated carbocycles. The second-order valence-corrected chi connectivity index (χ2v) is 6.36. The van der Waals surface area contributed by atoms with Gasteiger partial charge in [-0.2, -0.15) is 0 Å². The molecule has 1 aliphatic heterocycles. The van der Waals surface area contributed by atoms with E-state index in [9.17, 15) is 13.2 Å². The first kappa shape index (κ1) is 15.9. The summed E-state index contributed by atoms with van der Waals surface area (Å²) < 4.78 is 50.7. The summed E-state index contributed by atoms with van der Waals surface area (Å²) in [5.74, 6) is -3.22. The van der Waals surface area contributed by atoms with Crippen molar-refractivity contribution in [1.29, 1.82) is 0 Å². The van der Waals surface area contributed by atoms with Crippen LogP contribution >= 0.6 is 12.6 Å². The lowest BCUT2D eigenvalue weighted by molar-refractivity contribution is -0.213. The highest BCUT2D eigenvalue weighted by molar-refractivity contribution is 7.84. The lowest BCUT2D eigenvalue weighted by atomic mass is 9.83. The Balaban J connectivity index is 1.62. The summed E-state index contributed by atoms with van der Waals surface area (Å²) in [6.45, 7) is 0.928. The van der Waals surface area contributed by atoms with E-state index in [2.05, 4.69) is 18.7 Å². The third kappa shape index (κ3) is 3.34. The van der Waals surface area contributed by atoms with Crippen molar-refractivity contribution in [3.63, 3.8) is 0 Å². The first-order valence-electron chi connectivity index (χ1n) is 7.30.